The normalized spacial score (nSPS) is 11.8. The van der Waals surface area contributed by atoms with Gasteiger partial charge in [0.25, 0.3) is 0 Å². The molecule has 1 heterocycles. The lowest BCUT2D eigenvalue weighted by molar-refractivity contribution is -0.135. The molecule has 0 N–H and O–H groups in total. The predicted molar refractivity (Wildman–Crippen MR) is 137 cm³/mol. The number of ether oxygens (including phenoxy) is 2. The van der Waals surface area contributed by atoms with Crippen LogP contribution >= 0.6 is 0 Å². The topological polar surface area (TPSA) is 48.4 Å². The van der Waals surface area contributed by atoms with E-state index in [4.69, 9.17) is 9.47 Å². The van der Waals surface area contributed by atoms with Gasteiger partial charge in [0.05, 0.1) is 12.8 Å². The predicted octanol–water partition coefficient (Wildman–Crippen LogP) is 8.39. The third-order valence-electron chi connectivity index (χ3n) is 6.15. The van der Waals surface area contributed by atoms with Gasteiger partial charge < -0.3 is 9.47 Å². The Morgan fingerprint density at radius 1 is 0.848 bits per heavy atom. The number of carbonyl (C=O) groups is 1. The summed E-state index contributed by atoms with van der Waals surface area (Å²) in [5.74, 6) is 1.42. The second-order valence-electron chi connectivity index (χ2n) is 9.09. The number of hydrogen-bond acceptors (Lipinski definition) is 4. The van der Waals surface area contributed by atoms with E-state index in [9.17, 15) is 4.79 Å². The van der Waals surface area contributed by atoms with Crippen LogP contribution in [0.3, 0.4) is 0 Å². The van der Waals surface area contributed by atoms with E-state index in [2.05, 4.69) is 25.8 Å². The van der Waals surface area contributed by atoms with Crippen LogP contribution in [0.15, 0.2) is 42.7 Å². The van der Waals surface area contributed by atoms with Crippen molar-refractivity contribution in [2.75, 3.05) is 6.61 Å². The van der Waals surface area contributed by atoms with E-state index in [1.54, 1.807) is 12.4 Å². The van der Waals surface area contributed by atoms with Crippen molar-refractivity contribution in [1.82, 2.24) is 4.98 Å². The molecule has 182 valence electrons. The van der Waals surface area contributed by atoms with Crippen molar-refractivity contribution in [1.29, 1.82) is 0 Å². The van der Waals surface area contributed by atoms with Crippen LogP contribution in [0.5, 0.6) is 11.5 Å². The second-order valence-corrected chi connectivity index (χ2v) is 9.09. The maximum Gasteiger partial charge on any atom is 0.311 e. The van der Waals surface area contributed by atoms with Crippen molar-refractivity contribution in [2.45, 2.75) is 97.8 Å². The summed E-state index contributed by atoms with van der Waals surface area (Å²) >= 11 is 0. The molecule has 2 rings (SSSR count). The van der Waals surface area contributed by atoms with Gasteiger partial charge in [-0.15, -0.1) is 0 Å². The molecule has 1 aromatic carbocycles. The minimum atomic E-state index is -0.196. The summed E-state index contributed by atoms with van der Waals surface area (Å²) in [7, 11) is 0. The van der Waals surface area contributed by atoms with Gasteiger partial charge in [0, 0.05) is 23.7 Å². The first-order valence-corrected chi connectivity index (χ1v) is 13.0. The monoisotopic (exact) mass is 453 g/mol. The van der Waals surface area contributed by atoms with Gasteiger partial charge in [-0.25, -0.2) is 0 Å². The maximum absolute atomic E-state index is 12.4. The summed E-state index contributed by atoms with van der Waals surface area (Å²) in [5, 5.41) is 0. The van der Waals surface area contributed by atoms with Gasteiger partial charge in [0.1, 0.15) is 11.5 Å². The molecule has 0 saturated carbocycles. The number of unbranched alkanes of at least 4 members (excludes halogenated alkanes) is 9. The summed E-state index contributed by atoms with van der Waals surface area (Å²) in [6.45, 7) is 7.08. The first-order valence-electron chi connectivity index (χ1n) is 13.0. The van der Waals surface area contributed by atoms with Crippen LogP contribution in [0.1, 0.15) is 97.8 Å². The van der Waals surface area contributed by atoms with Crippen LogP contribution in [-0.4, -0.2) is 17.6 Å². The summed E-state index contributed by atoms with van der Waals surface area (Å²) in [4.78, 5) is 16.6. The van der Waals surface area contributed by atoms with Crippen LogP contribution in [0.2, 0.25) is 0 Å². The molecule has 0 radical (unpaired) electrons. The Labute approximate surface area is 201 Å². The Morgan fingerprint density at radius 2 is 1.48 bits per heavy atom. The first kappa shape index (κ1) is 26.9. The smallest absolute Gasteiger partial charge is 0.311 e. The Kier molecular flexibility index (Phi) is 13.3. The number of para-hydroxylation sites is 1. The Hall–Kier alpha value is -2.36. The number of benzene rings is 1. The molecule has 2 aromatic rings. The third kappa shape index (κ3) is 10.4. The average molecular weight is 454 g/mol. The highest BCUT2D eigenvalue weighted by molar-refractivity contribution is 5.80. The van der Waals surface area contributed by atoms with E-state index in [1.165, 1.54) is 57.8 Å². The molecule has 4 heteroatoms. The minimum Gasteiger partial charge on any atom is -0.491 e. The SMILES string of the molecule is CCCCCCCCCCCCOc1cnccc1-c1ccccc1OC(=O)CC(C)CC. The molecule has 1 atom stereocenters. The summed E-state index contributed by atoms with van der Waals surface area (Å²) in [6.07, 6.45) is 17.9. The third-order valence-corrected chi connectivity index (χ3v) is 6.15. The molecule has 0 fully saturated rings. The van der Waals surface area contributed by atoms with Crippen LogP contribution in [0, 0.1) is 5.92 Å². The number of pyridine rings is 1. The number of nitrogens with zero attached hydrogens (tertiary/aromatic N) is 1. The van der Waals surface area contributed by atoms with E-state index >= 15 is 0 Å². The number of aromatic nitrogens is 1. The lowest BCUT2D eigenvalue weighted by Gasteiger charge is -2.15. The van der Waals surface area contributed by atoms with Gasteiger partial charge in [0.15, 0.2) is 0 Å². The minimum absolute atomic E-state index is 0.196. The van der Waals surface area contributed by atoms with Crippen molar-refractivity contribution >= 4 is 5.97 Å². The zero-order chi connectivity index (χ0) is 23.7. The van der Waals surface area contributed by atoms with Gasteiger partial charge in [-0.1, -0.05) is 103 Å². The summed E-state index contributed by atoms with van der Waals surface area (Å²) < 4.78 is 11.8. The molecule has 0 saturated heterocycles. The second kappa shape index (κ2) is 16.3. The van der Waals surface area contributed by atoms with Crippen LogP contribution < -0.4 is 9.47 Å². The van der Waals surface area contributed by atoms with E-state index in [-0.39, 0.29) is 5.97 Å². The molecular formula is C29H43NO3. The Bertz CT molecular complexity index is 805. The van der Waals surface area contributed by atoms with E-state index < -0.39 is 0 Å². The van der Waals surface area contributed by atoms with Crippen LogP contribution in [0.4, 0.5) is 0 Å². The summed E-state index contributed by atoms with van der Waals surface area (Å²) in [5.41, 5.74) is 1.76. The van der Waals surface area contributed by atoms with Gasteiger partial charge in [-0.05, 0) is 24.5 Å². The molecule has 33 heavy (non-hydrogen) atoms. The van der Waals surface area contributed by atoms with Crippen LogP contribution in [-0.2, 0) is 4.79 Å². The maximum atomic E-state index is 12.4. The quantitative estimate of drug-likeness (QED) is 0.137. The largest absolute Gasteiger partial charge is 0.491 e. The molecule has 0 spiro atoms. The van der Waals surface area contributed by atoms with Gasteiger partial charge in [-0.3, -0.25) is 9.78 Å². The number of hydrogen-bond donors (Lipinski definition) is 0. The van der Waals surface area contributed by atoms with Crippen molar-refractivity contribution in [3.8, 4) is 22.6 Å². The Morgan fingerprint density at radius 3 is 2.18 bits per heavy atom. The van der Waals surface area contributed by atoms with Crippen molar-refractivity contribution in [3.63, 3.8) is 0 Å². The van der Waals surface area contributed by atoms with Crippen molar-refractivity contribution in [3.05, 3.63) is 42.7 Å². The van der Waals surface area contributed by atoms with Crippen LogP contribution in [0.25, 0.3) is 11.1 Å². The zero-order valence-electron chi connectivity index (χ0n) is 21.0. The molecule has 1 aromatic heterocycles. The van der Waals surface area contributed by atoms with E-state index in [1.807, 2.05) is 30.3 Å². The fourth-order valence-electron chi connectivity index (χ4n) is 3.86. The molecule has 0 bridgehead atoms. The van der Waals surface area contributed by atoms with Crippen molar-refractivity contribution < 1.29 is 14.3 Å². The molecule has 0 amide bonds. The highest BCUT2D eigenvalue weighted by atomic mass is 16.5. The summed E-state index contributed by atoms with van der Waals surface area (Å²) in [6, 6.07) is 9.58. The highest BCUT2D eigenvalue weighted by Gasteiger charge is 2.15. The molecule has 0 aliphatic carbocycles. The van der Waals surface area contributed by atoms with Crippen molar-refractivity contribution in [2.24, 2.45) is 5.92 Å². The first-order chi connectivity index (χ1) is 16.2. The fraction of sp³-hybridized carbons (Fsp3) is 0.586. The Balaban J connectivity index is 1.84. The molecule has 0 aliphatic rings. The fourth-order valence-corrected chi connectivity index (χ4v) is 3.86. The van der Waals surface area contributed by atoms with Gasteiger partial charge in [0.2, 0.25) is 0 Å². The number of rotatable bonds is 17. The molecule has 1 unspecified atom stereocenters. The lowest BCUT2D eigenvalue weighted by atomic mass is 10.0. The number of esters is 1. The molecular weight excluding hydrogens is 410 g/mol. The highest BCUT2D eigenvalue weighted by Crippen LogP contribution is 2.36. The lowest BCUT2D eigenvalue weighted by Crippen LogP contribution is -2.12. The average Bonchev–Trinajstić information content (AvgIpc) is 2.83. The number of carbonyl (C=O) groups excluding carboxylic acids is 1. The zero-order valence-corrected chi connectivity index (χ0v) is 21.0. The van der Waals surface area contributed by atoms with Gasteiger partial charge >= 0.3 is 5.97 Å². The molecule has 4 nitrogen and oxygen atoms in total. The standard InChI is InChI=1S/C29H43NO3/c1-4-6-7-8-9-10-11-12-13-16-21-32-28-23-30-20-19-26(28)25-17-14-15-18-27(25)33-29(31)22-24(3)5-2/h14-15,17-20,23-24H,4-13,16,21-22H2,1-3H3. The van der Waals surface area contributed by atoms with Gasteiger partial charge in [-0.2, -0.15) is 0 Å². The van der Waals surface area contributed by atoms with E-state index in [0.717, 1.165) is 29.7 Å². The molecule has 0 aliphatic heterocycles. The van der Waals surface area contributed by atoms with E-state index in [0.29, 0.717) is 24.7 Å².